The van der Waals surface area contributed by atoms with E-state index in [-0.39, 0.29) is 0 Å². The lowest BCUT2D eigenvalue weighted by molar-refractivity contribution is 1.25. The fraction of sp³-hybridized carbons (Fsp3) is 0.0250. The van der Waals surface area contributed by atoms with Crippen LogP contribution in [-0.2, 0) is 6.42 Å². The van der Waals surface area contributed by atoms with Crippen LogP contribution in [0.2, 0.25) is 0 Å². The van der Waals surface area contributed by atoms with Gasteiger partial charge in [0.2, 0.25) is 0 Å². The van der Waals surface area contributed by atoms with Crippen molar-refractivity contribution in [2.75, 3.05) is 0 Å². The van der Waals surface area contributed by atoms with Crippen LogP contribution in [0.15, 0.2) is 134 Å². The van der Waals surface area contributed by atoms with E-state index in [9.17, 15) is 0 Å². The molecule has 0 saturated carbocycles. The summed E-state index contributed by atoms with van der Waals surface area (Å²) in [6.45, 7) is 0. The predicted octanol–water partition coefficient (Wildman–Crippen LogP) is 10.2. The zero-order chi connectivity index (χ0) is 29.5. The van der Waals surface area contributed by atoms with Gasteiger partial charge in [0.15, 0.2) is 4.96 Å². The number of fused-ring (bicyclic) bond motifs is 10. The molecule has 0 aliphatic heterocycles. The molecule has 10 rings (SSSR count). The molecule has 0 bridgehead atoms. The lowest BCUT2D eigenvalue weighted by atomic mass is 9.94. The van der Waals surface area contributed by atoms with Gasteiger partial charge in [-0.1, -0.05) is 108 Å². The summed E-state index contributed by atoms with van der Waals surface area (Å²) in [5, 5.41) is 1.08. The first kappa shape index (κ1) is 24.8. The summed E-state index contributed by atoms with van der Waals surface area (Å²) in [5.74, 6) is 0. The summed E-state index contributed by atoms with van der Waals surface area (Å²) in [4.78, 5) is 15.8. The molecule has 5 heteroatoms. The number of hydrogen-bond donors (Lipinski definition) is 0. The van der Waals surface area contributed by atoms with Crippen molar-refractivity contribution in [3.8, 4) is 44.6 Å². The van der Waals surface area contributed by atoms with Crippen molar-refractivity contribution in [1.29, 1.82) is 0 Å². The van der Waals surface area contributed by atoms with Gasteiger partial charge in [0.05, 0.1) is 21.4 Å². The fourth-order valence-electron chi connectivity index (χ4n) is 7.18. The number of nitrogens with zero attached hydrogens (tertiary/aromatic N) is 4. The molecule has 4 nitrogen and oxygen atoms in total. The lowest BCUT2D eigenvalue weighted by Gasteiger charge is -2.11. The molecule has 210 valence electrons. The highest BCUT2D eigenvalue weighted by Crippen LogP contribution is 2.45. The van der Waals surface area contributed by atoms with E-state index in [1.165, 1.54) is 49.2 Å². The molecule has 1 aliphatic carbocycles. The van der Waals surface area contributed by atoms with E-state index < -0.39 is 0 Å². The number of benzene rings is 5. The van der Waals surface area contributed by atoms with Gasteiger partial charge in [0, 0.05) is 28.9 Å². The number of imidazole rings is 1. The minimum absolute atomic E-state index is 0.902. The van der Waals surface area contributed by atoms with Crippen LogP contribution in [0.3, 0.4) is 0 Å². The topological polar surface area (TPSA) is 43.1 Å². The first-order valence-electron chi connectivity index (χ1n) is 15.2. The second kappa shape index (κ2) is 9.42. The van der Waals surface area contributed by atoms with Gasteiger partial charge in [-0.2, -0.15) is 0 Å². The maximum Gasteiger partial charge on any atom is 0.195 e. The Balaban J connectivity index is 1.12. The van der Waals surface area contributed by atoms with Crippen molar-refractivity contribution in [2.45, 2.75) is 6.42 Å². The van der Waals surface area contributed by atoms with E-state index in [0.29, 0.717) is 0 Å². The summed E-state index contributed by atoms with van der Waals surface area (Å²) in [6.07, 6.45) is 4.70. The van der Waals surface area contributed by atoms with Crippen LogP contribution in [-0.4, -0.2) is 19.4 Å². The molecule has 0 N–H and O–H groups in total. The van der Waals surface area contributed by atoms with E-state index in [1.54, 1.807) is 11.3 Å². The minimum Gasteiger partial charge on any atom is -0.281 e. The Labute approximate surface area is 262 Å². The van der Waals surface area contributed by atoms with Crippen molar-refractivity contribution in [2.24, 2.45) is 0 Å². The maximum atomic E-state index is 5.25. The molecule has 0 saturated heterocycles. The van der Waals surface area contributed by atoms with Gasteiger partial charge in [-0.25, -0.2) is 9.97 Å². The van der Waals surface area contributed by atoms with E-state index in [2.05, 4.69) is 125 Å². The smallest absolute Gasteiger partial charge is 0.195 e. The molecule has 0 radical (unpaired) electrons. The average Bonchev–Trinajstić information content (AvgIpc) is 3.78. The zero-order valence-electron chi connectivity index (χ0n) is 24.1. The van der Waals surface area contributed by atoms with Gasteiger partial charge in [0.1, 0.15) is 11.0 Å². The van der Waals surface area contributed by atoms with Crippen LogP contribution in [0.4, 0.5) is 0 Å². The number of pyridine rings is 2. The van der Waals surface area contributed by atoms with Gasteiger partial charge in [-0.05, 0) is 69.6 Å². The highest BCUT2D eigenvalue weighted by Gasteiger charge is 2.25. The molecule has 0 spiro atoms. The molecule has 5 aromatic carbocycles. The molecule has 4 aromatic heterocycles. The van der Waals surface area contributed by atoms with Crippen LogP contribution in [0.1, 0.15) is 11.1 Å². The molecule has 9 aromatic rings. The largest absolute Gasteiger partial charge is 0.281 e. The third-order valence-corrected chi connectivity index (χ3v) is 10.2. The molecule has 0 unspecified atom stereocenters. The van der Waals surface area contributed by atoms with Gasteiger partial charge >= 0.3 is 0 Å². The molecule has 45 heavy (non-hydrogen) atoms. The number of para-hydroxylation sites is 2. The summed E-state index contributed by atoms with van der Waals surface area (Å²) in [7, 11) is 0. The molecule has 0 amide bonds. The average molecular weight is 593 g/mol. The van der Waals surface area contributed by atoms with Gasteiger partial charge in [-0.3, -0.25) is 9.38 Å². The Morgan fingerprint density at radius 2 is 1.29 bits per heavy atom. The standard InChI is InChI=1S/C40H24N4S/c1-2-14-34-31(9-1)38-39(44-35-15-3-4-16-36(35)45-40(44)43-38)37(42-34)25-19-17-24(18-20-25)27-10-5-12-29-30-13-6-11-28(33(30)22-32(27)29)26-8-7-21-41-23-26/h1-21,23H,22H2. The fourth-order valence-corrected chi connectivity index (χ4v) is 8.20. The molecule has 4 heterocycles. The monoisotopic (exact) mass is 592 g/mol. The third kappa shape index (κ3) is 3.62. The minimum atomic E-state index is 0.902. The quantitative estimate of drug-likeness (QED) is 0.205. The van der Waals surface area contributed by atoms with E-state index >= 15 is 0 Å². The molecular formula is C40H24N4S. The Morgan fingerprint density at radius 1 is 0.578 bits per heavy atom. The van der Waals surface area contributed by atoms with E-state index in [0.717, 1.165) is 50.1 Å². The van der Waals surface area contributed by atoms with Gasteiger partial charge < -0.3 is 0 Å². The first-order chi connectivity index (χ1) is 22.3. The van der Waals surface area contributed by atoms with Crippen molar-refractivity contribution in [1.82, 2.24) is 19.4 Å². The van der Waals surface area contributed by atoms with Crippen LogP contribution in [0, 0.1) is 0 Å². The van der Waals surface area contributed by atoms with Crippen LogP contribution in [0.25, 0.3) is 81.8 Å². The highest BCUT2D eigenvalue weighted by atomic mass is 32.1. The number of hydrogen-bond acceptors (Lipinski definition) is 4. The Morgan fingerprint density at radius 3 is 2.09 bits per heavy atom. The normalized spacial score (nSPS) is 12.4. The van der Waals surface area contributed by atoms with Crippen molar-refractivity contribution < 1.29 is 0 Å². The van der Waals surface area contributed by atoms with Crippen molar-refractivity contribution in [3.63, 3.8) is 0 Å². The first-order valence-corrected chi connectivity index (χ1v) is 16.0. The van der Waals surface area contributed by atoms with Crippen molar-refractivity contribution >= 4 is 48.5 Å². The van der Waals surface area contributed by atoms with Crippen molar-refractivity contribution in [3.05, 3.63) is 145 Å². The highest BCUT2D eigenvalue weighted by molar-refractivity contribution is 7.23. The number of rotatable bonds is 3. The van der Waals surface area contributed by atoms with Gasteiger partial charge in [-0.15, -0.1) is 0 Å². The Kier molecular flexibility index (Phi) is 5.18. The summed E-state index contributed by atoms with van der Waals surface area (Å²) in [5.41, 5.74) is 16.5. The maximum absolute atomic E-state index is 5.25. The summed E-state index contributed by atoms with van der Waals surface area (Å²) >= 11 is 1.73. The summed E-state index contributed by atoms with van der Waals surface area (Å²) in [6, 6.07) is 43.3. The van der Waals surface area contributed by atoms with Crippen LogP contribution in [0.5, 0.6) is 0 Å². The van der Waals surface area contributed by atoms with E-state index in [4.69, 9.17) is 9.97 Å². The number of thiazole rings is 1. The third-order valence-electron chi connectivity index (χ3n) is 9.21. The van der Waals surface area contributed by atoms with E-state index in [1.807, 2.05) is 18.5 Å². The zero-order valence-corrected chi connectivity index (χ0v) is 24.9. The predicted molar refractivity (Wildman–Crippen MR) is 186 cm³/mol. The summed E-state index contributed by atoms with van der Waals surface area (Å²) < 4.78 is 3.51. The van der Waals surface area contributed by atoms with Crippen LogP contribution >= 0.6 is 11.3 Å². The Hall–Kier alpha value is -5.65. The second-order valence-corrected chi connectivity index (χ2v) is 12.6. The molecular weight excluding hydrogens is 569 g/mol. The molecule has 0 fully saturated rings. The Bertz CT molecular complexity index is 2610. The second-order valence-electron chi connectivity index (χ2n) is 11.6. The molecule has 0 atom stereocenters. The lowest BCUT2D eigenvalue weighted by Crippen LogP contribution is -1.93. The van der Waals surface area contributed by atoms with Gasteiger partial charge in [0.25, 0.3) is 0 Å². The molecule has 1 aliphatic rings. The van der Waals surface area contributed by atoms with Crippen LogP contribution < -0.4 is 0 Å². The number of aromatic nitrogens is 4. The SMILES string of the molecule is c1cncc(-c2cccc3c2Cc2c(-c4ccc(-c5nc6ccccc6c6nc7sc8ccccc8n7c56)cc4)cccc2-3)c1.